The van der Waals surface area contributed by atoms with Crippen LogP contribution in [-0.4, -0.2) is 60.4 Å². The summed E-state index contributed by atoms with van der Waals surface area (Å²) in [6.45, 7) is 4.38. The Morgan fingerprint density at radius 3 is 2.46 bits per heavy atom. The van der Waals surface area contributed by atoms with Gasteiger partial charge in [0.25, 0.3) is 5.91 Å². The predicted molar refractivity (Wildman–Crippen MR) is 89.6 cm³/mol. The summed E-state index contributed by atoms with van der Waals surface area (Å²) < 4.78 is 5.05. The lowest BCUT2D eigenvalue weighted by atomic mass is 9.93. The predicted octanol–water partition coefficient (Wildman–Crippen LogP) is 1.62. The van der Waals surface area contributed by atoms with Crippen LogP contribution in [0.3, 0.4) is 0 Å². The number of hydrogen-bond donors (Lipinski definition) is 0. The van der Waals surface area contributed by atoms with E-state index in [9.17, 15) is 14.4 Å². The molecular weight excluding hydrogens is 328 g/mol. The molecule has 2 fully saturated rings. The van der Waals surface area contributed by atoms with Crippen molar-refractivity contribution in [2.24, 2.45) is 11.8 Å². The minimum Gasteiger partial charge on any atom is -0.466 e. The Kier molecular flexibility index (Phi) is 5.18. The van der Waals surface area contributed by atoms with Crippen LogP contribution in [0.25, 0.3) is 0 Å². The summed E-state index contributed by atoms with van der Waals surface area (Å²) in [5, 5.41) is 1.88. The third kappa shape index (κ3) is 3.45. The van der Waals surface area contributed by atoms with Gasteiger partial charge in [-0.2, -0.15) is 0 Å². The average Bonchev–Trinajstić information content (AvgIpc) is 3.08. The van der Waals surface area contributed by atoms with Crippen molar-refractivity contribution in [1.29, 1.82) is 0 Å². The minimum atomic E-state index is -0.152. The van der Waals surface area contributed by atoms with E-state index in [2.05, 4.69) is 0 Å². The molecule has 0 radical (unpaired) electrons. The highest BCUT2D eigenvalue weighted by atomic mass is 32.1. The molecule has 0 saturated carbocycles. The number of piperidine rings is 1. The normalized spacial score (nSPS) is 19.0. The van der Waals surface area contributed by atoms with Crippen molar-refractivity contribution in [2.75, 3.05) is 32.8 Å². The highest BCUT2D eigenvalue weighted by Crippen LogP contribution is 2.25. The lowest BCUT2D eigenvalue weighted by molar-refractivity contribution is -0.152. The lowest BCUT2D eigenvalue weighted by Gasteiger charge is -2.41. The number of thiophene rings is 1. The molecule has 24 heavy (non-hydrogen) atoms. The van der Waals surface area contributed by atoms with E-state index in [0.29, 0.717) is 45.6 Å². The Labute approximate surface area is 145 Å². The van der Waals surface area contributed by atoms with Gasteiger partial charge in [-0.3, -0.25) is 14.4 Å². The van der Waals surface area contributed by atoms with Gasteiger partial charge in [0.1, 0.15) is 0 Å². The molecule has 3 heterocycles. The maximum atomic E-state index is 12.5. The molecule has 1 aromatic heterocycles. The van der Waals surface area contributed by atoms with E-state index in [1.165, 1.54) is 11.3 Å². The first-order chi connectivity index (χ1) is 11.6. The van der Waals surface area contributed by atoms with Crippen molar-refractivity contribution in [3.8, 4) is 0 Å². The molecule has 3 rings (SSSR count). The fourth-order valence-corrected chi connectivity index (χ4v) is 3.90. The highest BCUT2D eigenvalue weighted by molar-refractivity contribution is 7.12. The van der Waals surface area contributed by atoms with Gasteiger partial charge in [0.05, 0.1) is 23.3 Å². The highest BCUT2D eigenvalue weighted by Gasteiger charge is 2.39. The molecule has 2 amide bonds. The Morgan fingerprint density at radius 2 is 1.88 bits per heavy atom. The first-order valence-corrected chi connectivity index (χ1v) is 9.26. The molecular formula is C17H22N2O4S. The van der Waals surface area contributed by atoms with Crippen LogP contribution in [0.15, 0.2) is 17.5 Å². The van der Waals surface area contributed by atoms with Crippen molar-refractivity contribution in [2.45, 2.75) is 19.8 Å². The SMILES string of the molecule is CCOC(=O)C1CCN(C(=O)C2CN(C(=O)c3cccs3)C2)CC1. The van der Waals surface area contributed by atoms with E-state index in [-0.39, 0.29) is 29.6 Å². The third-order valence-electron chi connectivity index (χ3n) is 4.68. The fourth-order valence-electron chi connectivity index (χ4n) is 3.21. The van der Waals surface area contributed by atoms with E-state index in [4.69, 9.17) is 4.74 Å². The molecule has 2 saturated heterocycles. The number of hydrogen-bond acceptors (Lipinski definition) is 5. The number of rotatable bonds is 4. The molecule has 6 nitrogen and oxygen atoms in total. The van der Waals surface area contributed by atoms with Crippen molar-refractivity contribution in [1.82, 2.24) is 9.80 Å². The van der Waals surface area contributed by atoms with Crippen LogP contribution in [0.1, 0.15) is 29.4 Å². The number of nitrogens with zero attached hydrogens (tertiary/aromatic N) is 2. The maximum Gasteiger partial charge on any atom is 0.309 e. The summed E-state index contributed by atoms with van der Waals surface area (Å²) in [5.74, 6) is -0.232. The Balaban J connectivity index is 1.44. The van der Waals surface area contributed by atoms with E-state index in [1.54, 1.807) is 11.8 Å². The van der Waals surface area contributed by atoms with Gasteiger partial charge in [-0.1, -0.05) is 6.07 Å². The van der Waals surface area contributed by atoms with Crippen LogP contribution in [0.4, 0.5) is 0 Å². The Bertz CT molecular complexity index is 602. The van der Waals surface area contributed by atoms with Crippen LogP contribution in [0.2, 0.25) is 0 Å². The van der Waals surface area contributed by atoms with Crippen molar-refractivity contribution >= 4 is 29.1 Å². The van der Waals surface area contributed by atoms with Crippen molar-refractivity contribution in [3.05, 3.63) is 22.4 Å². The van der Waals surface area contributed by atoms with Crippen LogP contribution < -0.4 is 0 Å². The first-order valence-electron chi connectivity index (χ1n) is 8.38. The van der Waals surface area contributed by atoms with Gasteiger partial charge in [0.15, 0.2) is 0 Å². The number of esters is 1. The van der Waals surface area contributed by atoms with Gasteiger partial charge in [0.2, 0.25) is 5.91 Å². The summed E-state index contributed by atoms with van der Waals surface area (Å²) in [5.41, 5.74) is 0. The lowest BCUT2D eigenvalue weighted by Crippen LogP contribution is -2.57. The minimum absolute atomic E-state index is 0.00932. The Morgan fingerprint density at radius 1 is 1.17 bits per heavy atom. The summed E-state index contributed by atoms with van der Waals surface area (Å²) >= 11 is 1.42. The maximum absolute atomic E-state index is 12.5. The molecule has 130 valence electrons. The van der Waals surface area contributed by atoms with Gasteiger partial charge in [-0.25, -0.2) is 0 Å². The summed E-state index contributed by atoms with van der Waals surface area (Å²) in [4.78, 5) is 40.7. The van der Waals surface area contributed by atoms with E-state index >= 15 is 0 Å². The number of likely N-dealkylation sites (tertiary alicyclic amines) is 2. The van der Waals surface area contributed by atoms with Crippen molar-refractivity contribution in [3.63, 3.8) is 0 Å². The largest absolute Gasteiger partial charge is 0.466 e. The third-order valence-corrected chi connectivity index (χ3v) is 5.53. The second-order valence-corrected chi connectivity index (χ2v) is 7.18. The second-order valence-electron chi connectivity index (χ2n) is 6.24. The van der Waals surface area contributed by atoms with Gasteiger partial charge in [0, 0.05) is 26.2 Å². The molecule has 0 atom stereocenters. The summed E-state index contributed by atoms with van der Waals surface area (Å²) in [6.07, 6.45) is 1.32. The first kappa shape index (κ1) is 17.0. The standard InChI is InChI=1S/C17H22N2O4S/c1-2-23-17(22)12-5-7-18(8-6-12)15(20)13-10-19(11-13)16(21)14-4-3-9-24-14/h3-4,9,12-13H,2,5-8,10-11H2,1H3. The van der Waals surface area contributed by atoms with E-state index in [1.807, 2.05) is 22.4 Å². The van der Waals surface area contributed by atoms with Gasteiger partial charge in [-0.05, 0) is 31.2 Å². The number of ether oxygens (including phenoxy) is 1. The molecule has 0 spiro atoms. The topological polar surface area (TPSA) is 66.9 Å². The zero-order valence-corrected chi connectivity index (χ0v) is 14.6. The molecule has 0 aromatic carbocycles. The van der Waals surface area contributed by atoms with Crippen LogP contribution in [0, 0.1) is 11.8 Å². The summed E-state index contributed by atoms with van der Waals surface area (Å²) in [7, 11) is 0. The smallest absolute Gasteiger partial charge is 0.309 e. The quantitative estimate of drug-likeness (QED) is 0.774. The number of amides is 2. The van der Waals surface area contributed by atoms with Gasteiger partial charge < -0.3 is 14.5 Å². The van der Waals surface area contributed by atoms with E-state index < -0.39 is 0 Å². The zero-order chi connectivity index (χ0) is 17.1. The Hall–Kier alpha value is -1.89. The number of carbonyl (C=O) groups excluding carboxylic acids is 3. The zero-order valence-electron chi connectivity index (χ0n) is 13.8. The average molecular weight is 350 g/mol. The molecule has 0 bridgehead atoms. The van der Waals surface area contributed by atoms with Gasteiger partial charge >= 0.3 is 5.97 Å². The second kappa shape index (κ2) is 7.34. The van der Waals surface area contributed by atoms with Crippen LogP contribution in [0.5, 0.6) is 0 Å². The van der Waals surface area contributed by atoms with E-state index in [0.717, 1.165) is 4.88 Å². The molecule has 2 aliphatic rings. The van der Waals surface area contributed by atoms with Crippen molar-refractivity contribution < 1.29 is 19.1 Å². The van der Waals surface area contributed by atoms with Crippen LogP contribution >= 0.6 is 11.3 Å². The molecule has 2 aliphatic heterocycles. The molecule has 7 heteroatoms. The molecule has 0 aliphatic carbocycles. The molecule has 0 N–H and O–H groups in total. The fraction of sp³-hybridized carbons (Fsp3) is 0.588. The monoisotopic (exact) mass is 350 g/mol. The van der Waals surface area contributed by atoms with Crippen LogP contribution in [-0.2, 0) is 14.3 Å². The molecule has 0 unspecified atom stereocenters. The van der Waals surface area contributed by atoms with Gasteiger partial charge in [-0.15, -0.1) is 11.3 Å². The number of carbonyl (C=O) groups is 3. The molecule has 1 aromatic rings. The summed E-state index contributed by atoms with van der Waals surface area (Å²) in [6, 6.07) is 3.66.